The first-order valence-corrected chi connectivity index (χ1v) is 8.67. The Morgan fingerprint density at radius 1 is 1.08 bits per heavy atom. The molecule has 0 bridgehead atoms. The molecule has 1 aromatic heterocycles. The number of ketones is 1. The smallest absolute Gasteiger partial charge is 0.408 e. The predicted molar refractivity (Wildman–Crippen MR) is 99.0 cm³/mol. The maximum atomic E-state index is 12.8. The minimum Gasteiger partial charge on any atom is -0.453 e. The predicted octanol–water partition coefficient (Wildman–Crippen LogP) is 4.71. The molecule has 0 aliphatic rings. The first-order valence-electron chi connectivity index (χ1n) is 8.67. The van der Waals surface area contributed by atoms with Gasteiger partial charge in [0, 0.05) is 5.39 Å². The first-order chi connectivity index (χ1) is 12.7. The molecule has 1 atom stereocenters. The van der Waals surface area contributed by atoms with Crippen molar-refractivity contribution in [2.24, 2.45) is 0 Å². The van der Waals surface area contributed by atoms with E-state index in [-0.39, 0.29) is 18.2 Å². The Kier molecular flexibility index (Phi) is 5.69. The lowest BCUT2D eigenvalue weighted by Gasteiger charge is -2.15. The van der Waals surface area contributed by atoms with Gasteiger partial charge in [0.2, 0.25) is 5.78 Å². The number of fused-ring (bicyclic) bond motifs is 1. The number of ether oxygens (including phenoxy) is 1. The van der Waals surface area contributed by atoms with Crippen LogP contribution in [0.15, 0.2) is 65.1 Å². The third-order valence-electron chi connectivity index (χ3n) is 4.07. The van der Waals surface area contributed by atoms with Gasteiger partial charge in [-0.25, -0.2) is 4.79 Å². The molecule has 0 aliphatic heterocycles. The summed E-state index contributed by atoms with van der Waals surface area (Å²) in [5, 5.41) is 3.52. The van der Waals surface area contributed by atoms with Gasteiger partial charge in [0.25, 0.3) is 0 Å². The van der Waals surface area contributed by atoms with Crippen molar-refractivity contribution in [2.75, 3.05) is 0 Å². The van der Waals surface area contributed by atoms with Gasteiger partial charge in [0.1, 0.15) is 12.2 Å². The second-order valence-corrected chi connectivity index (χ2v) is 6.06. The fraction of sp³-hybridized carbons (Fsp3) is 0.238. The minimum absolute atomic E-state index is 0.157. The van der Waals surface area contributed by atoms with E-state index in [2.05, 4.69) is 5.32 Å². The average Bonchev–Trinajstić information content (AvgIpc) is 3.10. The Labute approximate surface area is 152 Å². The summed E-state index contributed by atoms with van der Waals surface area (Å²) < 4.78 is 10.8. The summed E-state index contributed by atoms with van der Waals surface area (Å²) in [6.45, 7) is 2.11. The van der Waals surface area contributed by atoms with Gasteiger partial charge in [-0.3, -0.25) is 4.79 Å². The SMILES string of the molecule is CCC[C@@H](NC(=O)OCc1ccccc1)C(=O)c1cc2ccccc2o1. The highest BCUT2D eigenvalue weighted by molar-refractivity contribution is 6.02. The van der Waals surface area contributed by atoms with Crippen molar-refractivity contribution in [3.8, 4) is 0 Å². The zero-order valence-corrected chi connectivity index (χ0v) is 14.6. The van der Waals surface area contributed by atoms with Crippen LogP contribution in [0.3, 0.4) is 0 Å². The second kappa shape index (κ2) is 8.34. The molecule has 5 nitrogen and oxygen atoms in total. The lowest BCUT2D eigenvalue weighted by molar-refractivity contribution is 0.0886. The molecular formula is C21H21NO4. The Hall–Kier alpha value is -3.08. The molecular weight excluding hydrogens is 330 g/mol. The highest BCUT2D eigenvalue weighted by atomic mass is 16.5. The third kappa shape index (κ3) is 4.30. The molecule has 0 radical (unpaired) electrons. The molecule has 2 aromatic carbocycles. The Morgan fingerprint density at radius 3 is 2.54 bits per heavy atom. The number of amides is 1. The molecule has 1 amide bonds. The van der Waals surface area contributed by atoms with E-state index in [0.29, 0.717) is 12.0 Å². The zero-order chi connectivity index (χ0) is 18.4. The van der Waals surface area contributed by atoms with Gasteiger partial charge >= 0.3 is 6.09 Å². The van der Waals surface area contributed by atoms with E-state index in [1.165, 1.54) is 0 Å². The van der Waals surface area contributed by atoms with Crippen LogP contribution in [0.2, 0.25) is 0 Å². The summed E-state index contributed by atoms with van der Waals surface area (Å²) in [6.07, 6.45) is 0.642. The molecule has 0 saturated heterocycles. The Bertz CT molecular complexity index is 852. The Morgan fingerprint density at radius 2 is 1.81 bits per heavy atom. The maximum Gasteiger partial charge on any atom is 0.408 e. The van der Waals surface area contributed by atoms with Crippen LogP contribution in [0.4, 0.5) is 4.79 Å². The number of hydrogen-bond acceptors (Lipinski definition) is 4. The summed E-state index contributed by atoms with van der Waals surface area (Å²) in [7, 11) is 0. The molecule has 26 heavy (non-hydrogen) atoms. The number of furan rings is 1. The van der Waals surface area contributed by atoms with Crippen LogP contribution < -0.4 is 5.32 Å². The highest BCUT2D eigenvalue weighted by Gasteiger charge is 2.25. The van der Waals surface area contributed by atoms with Gasteiger partial charge in [-0.05, 0) is 24.1 Å². The number of Topliss-reactive ketones (excluding diaryl/α,β-unsaturated/α-hetero) is 1. The average molecular weight is 351 g/mol. The van der Waals surface area contributed by atoms with Crippen molar-refractivity contribution < 1.29 is 18.7 Å². The standard InChI is InChI=1S/C21H21NO4/c1-2-8-17(22-21(24)25-14-15-9-4-3-5-10-15)20(23)19-13-16-11-6-7-12-18(16)26-19/h3-7,9-13,17H,2,8,14H2,1H3,(H,22,24)/t17-/m1/s1. The van der Waals surface area contributed by atoms with Crippen molar-refractivity contribution in [3.05, 3.63) is 72.0 Å². The topological polar surface area (TPSA) is 68.5 Å². The molecule has 0 saturated carbocycles. The van der Waals surface area contributed by atoms with E-state index in [9.17, 15) is 9.59 Å². The van der Waals surface area contributed by atoms with Gasteiger partial charge in [-0.2, -0.15) is 0 Å². The van der Waals surface area contributed by atoms with Crippen molar-refractivity contribution in [2.45, 2.75) is 32.4 Å². The van der Waals surface area contributed by atoms with E-state index in [0.717, 1.165) is 17.4 Å². The van der Waals surface area contributed by atoms with Crippen LogP contribution >= 0.6 is 0 Å². The summed E-state index contributed by atoms with van der Waals surface area (Å²) in [4.78, 5) is 24.8. The normalized spacial score (nSPS) is 11.9. The molecule has 134 valence electrons. The minimum atomic E-state index is -0.677. The van der Waals surface area contributed by atoms with E-state index in [1.807, 2.05) is 61.5 Å². The largest absolute Gasteiger partial charge is 0.453 e. The lowest BCUT2D eigenvalue weighted by Crippen LogP contribution is -2.40. The number of carbonyl (C=O) groups is 2. The fourth-order valence-corrected chi connectivity index (χ4v) is 2.74. The molecule has 0 fully saturated rings. The third-order valence-corrected chi connectivity index (χ3v) is 4.07. The number of benzene rings is 2. The first kappa shape index (κ1) is 17.7. The van der Waals surface area contributed by atoms with E-state index in [1.54, 1.807) is 6.07 Å². The van der Waals surface area contributed by atoms with Crippen molar-refractivity contribution in [3.63, 3.8) is 0 Å². The molecule has 0 spiro atoms. The van der Waals surface area contributed by atoms with Crippen LogP contribution in [0.5, 0.6) is 0 Å². The van der Waals surface area contributed by atoms with Gasteiger partial charge in [-0.15, -0.1) is 0 Å². The lowest BCUT2D eigenvalue weighted by atomic mass is 10.1. The van der Waals surface area contributed by atoms with Crippen molar-refractivity contribution >= 4 is 22.8 Å². The number of para-hydroxylation sites is 1. The van der Waals surface area contributed by atoms with E-state index in [4.69, 9.17) is 9.15 Å². The molecule has 0 aliphatic carbocycles. The maximum absolute atomic E-state index is 12.8. The highest BCUT2D eigenvalue weighted by Crippen LogP contribution is 2.20. The van der Waals surface area contributed by atoms with Crippen LogP contribution in [0.25, 0.3) is 11.0 Å². The molecule has 5 heteroatoms. The molecule has 3 aromatic rings. The number of nitrogens with one attached hydrogen (secondary N) is 1. The zero-order valence-electron chi connectivity index (χ0n) is 14.6. The number of alkyl carbamates (subject to hydrolysis) is 1. The van der Waals surface area contributed by atoms with Crippen LogP contribution in [0, 0.1) is 0 Å². The molecule has 3 rings (SSSR count). The monoisotopic (exact) mass is 351 g/mol. The number of rotatable bonds is 7. The summed E-state index contributed by atoms with van der Waals surface area (Å²) >= 11 is 0. The van der Waals surface area contributed by atoms with Gasteiger partial charge in [0.15, 0.2) is 5.76 Å². The number of carbonyl (C=O) groups excluding carboxylic acids is 2. The molecule has 0 unspecified atom stereocenters. The van der Waals surface area contributed by atoms with Crippen molar-refractivity contribution in [1.29, 1.82) is 0 Å². The summed E-state index contributed by atoms with van der Waals surface area (Å²) in [5.41, 5.74) is 1.54. The quantitative estimate of drug-likeness (QED) is 0.626. The molecule has 1 heterocycles. The second-order valence-electron chi connectivity index (χ2n) is 6.06. The Balaban J connectivity index is 1.65. The van der Waals surface area contributed by atoms with E-state index >= 15 is 0 Å². The van der Waals surface area contributed by atoms with Gasteiger partial charge in [0.05, 0.1) is 6.04 Å². The van der Waals surface area contributed by atoms with Crippen molar-refractivity contribution in [1.82, 2.24) is 5.32 Å². The summed E-state index contributed by atoms with van der Waals surface area (Å²) in [6, 6.07) is 17.8. The van der Waals surface area contributed by atoms with Gasteiger partial charge < -0.3 is 14.5 Å². The van der Waals surface area contributed by atoms with Crippen LogP contribution in [-0.4, -0.2) is 17.9 Å². The van der Waals surface area contributed by atoms with Gasteiger partial charge in [-0.1, -0.05) is 61.9 Å². The summed E-state index contributed by atoms with van der Waals surface area (Å²) in [5.74, 6) is -0.00674. The van der Waals surface area contributed by atoms with E-state index < -0.39 is 12.1 Å². The van der Waals surface area contributed by atoms with Crippen LogP contribution in [-0.2, 0) is 11.3 Å². The number of hydrogen-bond donors (Lipinski definition) is 1. The van der Waals surface area contributed by atoms with Crippen LogP contribution in [0.1, 0.15) is 35.9 Å². The molecule has 1 N–H and O–H groups in total. The fourth-order valence-electron chi connectivity index (χ4n) is 2.74.